The maximum Gasteiger partial charge on any atom is 0.407 e. The van der Waals surface area contributed by atoms with Crippen molar-refractivity contribution in [1.29, 1.82) is 0 Å². The van der Waals surface area contributed by atoms with Crippen LogP contribution < -0.4 is 14.8 Å². The molecule has 2 amide bonds. The standard InChI is InChI=1S/C31H40ClF2N3O6S/c1-30(2,3)43-29(39)35-24-17-18-37(19-24)28(38)27(31(33,34)22-9-11-23(32)12-10-22)36-44(40,41)26-15-13-25(14-16-26)42-20-21-7-5-4-6-8-21/h9-16,21,24,27,36H,4-8,17-20H2,1-3H3,(H,35,39)/t24-,27?/m1/s1. The quantitative estimate of drug-likeness (QED) is 0.331. The monoisotopic (exact) mass is 655 g/mol. The van der Waals surface area contributed by atoms with Crippen molar-refractivity contribution in [1.82, 2.24) is 14.9 Å². The molecule has 2 fully saturated rings. The van der Waals surface area contributed by atoms with E-state index < -0.39 is 51.2 Å². The fraction of sp³-hybridized carbons (Fsp3) is 0.548. The number of sulfonamides is 1. The van der Waals surface area contributed by atoms with E-state index in [1.807, 2.05) is 4.72 Å². The molecule has 0 radical (unpaired) electrons. The summed E-state index contributed by atoms with van der Waals surface area (Å²) in [5.74, 6) is -4.17. The topological polar surface area (TPSA) is 114 Å². The van der Waals surface area contributed by atoms with E-state index in [1.165, 1.54) is 42.8 Å². The molecule has 1 unspecified atom stereocenters. The molecule has 13 heteroatoms. The maximum absolute atomic E-state index is 16.0. The number of rotatable bonds is 10. The van der Waals surface area contributed by atoms with Gasteiger partial charge in [0.05, 0.1) is 17.5 Å². The third-order valence-electron chi connectivity index (χ3n) is 7.68. The number of hydrogen-bond donors (Lipinski definition) is 2. The molecule has 2 aliphatic rings. The molecule has 2 N–H and O–H groups in total. The van der Waals surface area contributed by atoms with Crippen molar-refractivity contribution in [3.63, 3.8) is 0 Å². The molecule has 2 aromatic rings. The third kappa shape index (κ3) is 9.04. The Balaban J connectivity index is 1.51. The minimum absolute atomic E-state index is 0.0290. The van der Waals surface area contributed by atoms with Crippen LogP contribution in [0.4, 0.5) is 13.6 Å². The second kappa shape index (κ2) is 14.0. The van der Waals surface area contributed by atoms with Gasteiger partial charge in [0.25, 0.3) is 5.92 Å². The van der Waals surface area contributed by atoms with Gasteiger partial charge >= 0.3 is 6.09 Å². The Morgan fingerprint density at radius 3 is 2.25 bits per heavy atom. The number of ether oxygens (including phenoxy) is 2. The lowest BCUT2D eigenvalue weighted by Crippen LogP contribution is -2.56. The van der Waals surface area contributed by atoms with Gasteiger partial charge in [-0.1, -0.05) is 43.0 Å². The second-order valence-corrected chi connectivity index (χ2v) is 14.5. The summed E-state index contributed by atoms with van der Waals surface area (Å²) in [6.07, 6.45) is 5.29. The number of carbonyl (C=O) groups excluding carboxylic acids is 2. The Labute approximate surface area is 262 Å². The van der Waals surface area contributed by atoms with Gasteiger partial charge in [-0.25, -0.2) is 13.2 Å². The predicted octanol–water partition coefficient (Wildman–Crippen LogP) is 5.86. The Bertz CT molecular complexity index is 1390. The van der Waals surface area contributed by atoms with Gasteiger partial charge in [-0.05, 0) is 82.3 Å². The average Bonchev–Trinajstić information content (AvgIpc) is 3.42. The van der Waals surface area contributed by atoms with Gasteiger partial charge < -0.3 is 19.7 Å². The number of alkyl carbamates (subject to hydrolysis) is 1. The number of hydrogen-bond acceptors (Lipinski definition) is 6. The van der Waals surface area contributed by atoms with Crippen molar-refractivity contribution in [3.8, 4) is 5.75 Å². The van der Waals surface area contributed by atoms with Gasteiger partial charge in [0.15, 0.2) is 6.04 Å². The van der Waals surface area contributed by atoms with Crippen molar-refractivity contribution in [2.75, 3.05) is 19.7 Å². The first-order valence-electron chi connectivity index (χ1n) is 14.8. The summed E-state index contributed by atoms with van der Waals surface area (Å²) in [5.41, 5.74) is -1.33. The first-order chi connectivity index (χ1) is 20.6. The zero-order valence-electron chi connectivity index (χ0n) is 25.2. The first kappa shape index (κ1) is 33.9. The minimum Gasteiger partial charge on any atom is -0.493 e. The van der Waals surface area contributed by atoms with Gasteiger partial charge in [0.1, 0.15) is 11.4 Å². The van der Waals surface area contributed by atoms with E-state index in [-0.39, 0.29) is 29.4 Å². The van der Waals surface area contributed by atoms with Crippen LogP contribution in [0, 0.1) is 5.92 Å². The van der Waals surface area contributed by atoms with E-state index in [1.54, 1.807) is 20.8 Å². The van der Waals surface area contributed by atoms with Crippen LogP contribution in [0.2, 0.25) is 5.02 Å². The van der Waals surface area contributed by atoms with Gasteiger partial charge in [0.2, 0.25) is 15.9 Å². The predicted molar refractivity (Wildman–Crippen MR) is 162 cm³/mol. The van der Waals surface area contributed by atoms with Gasteiger partial charge in [0, 0.05) is 23.7 Å². The lowest BCUT2D eigenvalue weighted by molar-refractivity contribution is -0.143. The molecule has 0 spiro atoms. The highest BCUT2D eigenvalue weighted by molar-refractivity contribution is 7.89. The highest BCUT2D eigenvalue weighted by Gasteiger charge is 2.50. The lowest BCUT2D eigenvalue weighted by atomic mass is 9.90. The summed E-state index contributed by atoms with van der Waals surface area (Å²) < 4.78 is 71.9. The van der Waals surface area contributed by atoms with Crippen LogP contribution in [0.3, 0.4) is 0 Å². The number of nitrogens with zero attached hydrogens (tertiary/aromatic N) is 1. The largest absolute Gasteiger partial charge is 0.493 e. The molecule has 1 saturated heterocycles. The van der Waals surface area contributed by atoms with E-state index in [4.69, 9.17) is 21.1 Å². The highest BCUT2D eigenvalue weighted by Crippen LogP contribution is 2.35. The van der Waals surface area contributed by atoms with E-state index in [0.717, 1.165) is 42.7 Å². The van der Waals surface area contributed by atoms with Crippen molar-refractivity contribution in [3.05, 3.63) is 59.1 Å². The Morgan fingerprint density at radius 2 is 1.64 bits per heavy atom. The molecule has 1 aliphatic heterocycles. The van der Waals surface area contributed by atoms with E-state index in [9.17, 15) is 18.0 Å². The Morgan fingerprint density at radius 1 is 1.00 bits per heavy atom. The number of alkyl halides is 2. The minimum atomic E-state index is -4.59. The molecule has 0 aromatic heterocycles. The molecule has 44 heavy (non-hydrogen) atoms. The molecule has 9 nitrogen and oxygen atoms in total. The average molecular weight is 656 g/mol. The van der Waals surface area contributed by atoms with Crippen molar-refractivity contribution >= 4 is 33.6 Å². The SMILES string of the molecule is CC(C)(C)OC(=O)N[C@@H]1CCN(C(=O)C(NS(=O)(=O)c2ccc(OCC3CCCCC3)cc2)C(F)(F)c2ccc(Cl)cc2)C1. The van der Waals surface area contributed by atoms with Crippen LogP contribution in [0.5, 0.6) is 5.75 Å². The molecular formula is C31H40ClF2N3O6S. The summed E-state index contributed by atoms with van der Waals surface area (Å²) in [6.45, 7) is 5.55. The molecular weight excluding hydrogens is 616 g/mol. The first-order valence-corrected chi connectivity index (χ1v) is 16.7. The van der Waals surface area contributed by atoms with Crippen LogP contribution >= 0.6 is 11.6 Å². The molecule has 1 heterocycles. The van der Waals surface area contributed by atoms with Gasteiger partial charge in [-0.3, -0.25) is 4.79 Å². The zero-order valence-corrected chi connectivity index (χ0v) is 26.7. The maximum atomic E-state index is 16.0. The van der Waals surface area contributed by atoms with E-state index >= 15 is 8.78 Å². The summed E-state index contributed by atoms with van der Waals surface area (Å²) in [7, 11) is -4.59. The smallest absolute Gasteiger partial charge is 0.407 e. The molecule has 2 aromatic carbocycles. The lowest BCUT2D eigenvalue weighted by Gasteiger charge is -2.30. The fourth-order valence-electron chi connectivity index (χ4n) is 5.36. The molecule has 242 valence electrons. The van der Waals surface area contributed by atoms with Crippen molar-refractivity contribution < 1.29 is 36.3 Å². The fourth-order valence-corrected chi connectivity index (χ4v) is 6.67. The molecule has 2 atom stereocenters. The molecule has 1 saturated carbocycles. The Kier molecular flexibility index (Phi) is 10.8. The summed E-state index contributed by atoms with van der Waals surface area (Å²) >= 11 is 5.88. The third-order valence-corrected chi connectivity index (χ3v) is 9.37. The van der Waals surface area contributed by atoms with Crippen LogP contribution in [-0.4, -0.2) is 62.7 Å². The number of likely N-dealkylation sites (tertiary alicyclic amines) is 1. The number of carbonyl (C=O) groups is 2. The van der Waals surface area contributed by atoms with Gasteiger partial charge in [-0.2, -0.15) is 13.5 Å². The molecule has 1 aliphatic carbocycles. The van der Waals surface area contributed by atoms with Crippen LogP contribution in [-0.2, 0) is 25.5 Å². The molecule has 0 bridgehead atoms. The summed E-state index contributed by atoms with van der Waals surface area (Å²) in [4.78, 5) is 26.7. The van der Waals surface area contributed by atoms with Crippen LogP contribution in [0.15, 0.2) is 53.4 Å². The van der Waals surface area contributed by atoms with E-state index in [2.05, 4.69) is 5.32 Å². The summed E-state index contributed by atoms with van der Waals surface area (Å²) in [5, 5.41) is 2.84. The number of halogens is 3. The van der Waals surface area contributed by atoms with Crippen molar-refractivity contribution in [2.45, 2.75) is 87.8 Å². The number of nitrogens with one attached hydrogen (secondary N) is 2. The van der Waals surface area contributed by atoms with Crippen LogP contribution in [0.25, 0.3) is 0 Å². The summed E-state index contributed by atoms with van der Waals surface area (Å²) in [6, 6.07) is 7.00. The van der Waals surface area contributed by atoms with Crippen LogP contribution in [0.1, 0.15) is 64.9 Å². The molecule has 4 rings (SSSR count). The Hall–Kier alpha value is -2.96. The normalized spacial score (nSPS) is 19.0. The second-order valence-electron chi connectivity index (χ2n) is 12.4. The van der Waals surface area contributed by atoms with Gasteiger partial charge in [-0.15, -0.1) is 0 Å². The van der Waals surface area contributed by atoms with Crippen molar-refractivity contribution in [2.24, 2.45) is 5.92 Å². The van der Waals surface area contributed by atoms with E-state index in [0.29, 0.717) is 18.3 Å². The highest BCUT2D eigenvalue weighted by atomic mass is 35.5. The number of amides is 2. The zero-order chi connectivity index (χ0) is 32.1. The number of benzene rings is 2.